The van der Waals surface area contributed by atoms with E-state index in [9.17, 15) is 14.4 Å². The first kappa shape index (κ1) is 11.3. The molecule has 0 saturated carbocycles. The minimum absolute atomic E-state index is 0.387. The predicted octanol–water partition coefficient (Wildman–Crippen LogP) is 1.15. The van der Waals surface area contributed by atoms with E-state index in [-0.39, 0.29) is 11.5 Å². The van der Waals surface area contributed by atoms with Crippen molar-refractivity contribution in [3.8, 4) is 34.5 Å². The Morgan fingerprint density at radius 2 is 0.762 bits per heavy atom. The highest BCUT2D eigenvalue weighted by atomic mass is 17.3. The molecule has 0 fully saturated rings. The van der Waals surface area contributed by atoms with Crippen LogP contribution >= 0.6 is 0 Å². The van der Waals surface area contributed by atoms with Gasteiger partial charge in [-0.15, -0.1) is 0 Å². The molecule has 0 unspecified atom stereocenters. The molecule has 0 amide bonds. The zero-order valence-corrected chi connectivity index (χ0v) is 9.40. The second-order valence-corrected chi connectivity index (χ2v) is 3.53. The maximum atomic E-state index is 11.3. The SMILES string of the molecule is O=C1OOc2c3c(c4c(c2OC(=O)O4)OO1)OOC(=O)O3. The molecule has 0 saturated heterocycles. The summed E-state index contributed by atoms with van der Waals surface area (Å²) in [6, 6.07) is 0. The van der Waals surface area contributed by atoms with Crippen LogP contribution in [-0.2, 0) is 14.7 Å². The van der Waals surface area contributed by atoms with Gasteiger partial charge in [-0.25, -0.2) is 19.5 Å². The normalized spacial score (nSPS) is 17.4. The van der Waals surface area contributed by atoms with Crippen LogP contribution in [0.15, 0.2) is 0 Å². The fourth-order valence-corrected chi connectivity index (χ4v) is 1.65. The lowest BCUT2D eigenvalue weighted by molar-refractivity contribution is -0.246. The molecule has 12 nitrogen and oxygen atoms in total. The lowest BCUT2D eigenvalue weighted by Gasteiger charge is -2.25. The van der Waals surface area contributed by atoms with Gasteiger partial charge in [-0.1, -0.05) is 0 Å². The lowest BCUT2D eigenvalue weighted by atomic mass is 10.2. The Bertz CT molecular complexity index is 685. The van der Waals surface area contributed by atoms with Gasteiger partial charge in [0.05, 0.1) is 0 Å². The first-order chi connectivity index (χ1) is 10.1. The van der Waals surface area contributed by atoms with Crippen LogP contribution in [0.4, 0.5) is 14.4 Å². The molecule has 108 valence electrons. The van der Waals surface area contributed by atoms with Gasteiger partial charge >= 0.3 is 18.5 Å². The second-order valence-electron chi connectivity index (χ2n) is 3.53. The van der Waals surface area contributed by atoms with Crippen molar-refractivity contribution in [2.24, 2.45) is 0 Å². The number of ether oxygens (including phenoxy) is 3. The van der Waals surface area contributed by atoms with E-state index in [0.29, 0.717) is 0 Å². The molecular weight excluding hydrogens is 300 g/mol. The predicted molar refractivity (Wildman–Crippen MR) is 49.7 cm³/mol. The first-order valence-corrected chi connectivity index (χ1v) is 5.06. The standard InChI is InChI=1S/C9O12/c10-7-13-1-4-2(14-7)6(18-21-9(12)20-17-4)3-5(1)16-19-8(11)15-3. The molecule has 0 aliphatic carbocycles. The molecule has 0 spiro atoms. The molecule has 1 aromatic rings. The fraction of sp³-hybridized carbons (Fsp3) is 0. The molecule has 0 radical (unpaired) electrons. The van der Waals surface area contributed by atoms with Crippen LogP contribution in [0.5, 0.6) is 34.5 Å². The zero-order valence-electron chi connectivity index (χ0n) is 9.40. The number of fused-ring (bicyclic) bond motifs is 3. The summed E-state index contributed by atoms with van der Waals surface area (Å²) in [6.07, 6.45) is -3.80. The zero-order chi connectivity index (χ0) is 14.6. The minimum atomic E-state index is -1.38. The summed E-state index contributed by atoms with van der Waals surface area (Å²) >= 11 is 0. The van der Waals surface area contributed by atoms with Crippen LogP contribution in [0.25, 0.3) is 0 Å². The number of rotatable bonds is 0. The van der Waals surface area contributed by atoms with E-state index in [1.165, 1.54) is 0 Å². The second kappa shape index (κ2) is 3.72. The van der Waals surface area contributed by atoms with Crippen LogP contribution in [0.2, 0.25) is 0 Å². The Labute approximate surface area is 112 Å². The van der Waals surface area contributed by atoms with Crippen LogP contribution < -0.4 is 28.9 Å². The van der Waals surface area contributed by atoms with Crippen molar-refractivity contribution in [2.45, 2.75) is 0 Å². The molecular formula is C9O12. The van der Waals surface area contributed by atoms with Gasteiger partial charge in [0.25, 0.3) is 17.2 Å². The van der Waals surface area contributed by atoms with E-state index < -0.39 is 41.5 Å². The molecule has 1 aromatic carbocycles. The number of carbonyl (C=O) groups is 3. The summed E-state index contributed by atoms with van der Waals surface area (Å²) in [7, 11) is 0. The van der Waals surface area contributed by atoms with Crippen LogP contribution in [-0.4, -0.2) is 18.5 Å². The van der Waals surface area contributed by atoms with E-state index in [0.717, 1.165) is 0 Å². The molecule has 0 atom stereocenters. The summed E-state index contributed by atoms with van der Waals surface area (Å²) in [5, 5.41) is 0. The average molecular weight is 300 g/mol. The lowest BCUT2D eigenvalue weighted by Crippen LogP contribution is -2.27. The molecule has 0 aromatic heterocycles. The third-order valence-electron chi connectivity index (χ3n) is 2.37. The number of carbonyl (C=O) groups excluding carboxylic acids is 3. The van der Waals surface area contributed by atoms with Crippen molar-refractivity contribution in [2.75, 3.05) is 0 Å². The van der Waals surface area contributed by atoms with Gasteiger partial charge in [0.15, 0.2) is 0 Å². The van der Waals surface area contributed by atoms with Gasteiger partial charge in [0.1, 0.15) is 0 Å². The Morgan fingerprint density at radius 3 is 1.24 bits per heavy atom. The summed E-state index contributed by atoms with van der Waals surface area (Å²) < 4.78 is 14.1. The van der Waals surface area contributed by atoms with Gasteiger partial charge < -0.3 is 14.2 Å². The molecule has 21 heavy (non-hydrogen) atoms. The van der Waals surface area contributed by atoms with Crippen LogP contribution in [0.3, 0.4) is 0 Å². The fourth-order valence-electron chi connectivity index (χ4n) is 1.65. The molecule has 4 bridgehead atoms. The molecule has 3 heterocycles. The molecule has 3 aliphatic rings. The summed E-state index contributed by atoms with van der Waals surface area (Å²) in [5.74, 6) is -2.50. The summed E-state index contributed by atoms with van der Waals surface area (Å²) in [5.41, 5.74) is 0. The number of benzene rings is 1. The van der Waals surface area contributed by atoms with Crippen LogP contribution in [0.1, 0.15) is 0 Å². The highest BCUT2D eigenvalue weighted by molar-refractivity contribution is 5.86. The van der Waals surface area contributed by atoms with Gasteiger partial charge in [0, 0.05) is 0 Å². The maximum Gasteiger partial charge on any atom is 0.591 e. The van der Waals surface area contributed by atoms with Crippen molar-refractivity contribution >= 4 is 18.5 Å². The quantitative estimate of drug-likeness (QED) is 0.386. The van der Waals surface area contributed by atoms with E-state index in [1.54, 1.807) is 0 Å². The molecule has 0 N–H and O–H groups in total. The number of hydrogen-bond acceptors (Lipinski definition) is 12. The average Bonchev–Trinajstić information content (AvgIpc) is 2.43. The third kappa shape index (κ3) is 1.52. The smallest absolute Gasteiger partial charge is 0.386 e. The van der Waals surface area contributed by atoms with Crippen molar-refractivity contribution in [1.29, 1.82) is 0 Å². The maximum absolute atomic E-state index is 11.3. The minimum Gasteiger partial charge on any atom is -0.386 e. The Kier molecular flexibility index (Phi) is 2.00. The topological polar surface area (TPSA) is 134 Å². The van der Waals surface area contributed by atoms with Gasteiger partial charge in [0.2, 0.25) is 17.2 Å². The largest absolute Gasteiger partial charge is 0.591 e. The summed E-state index contributed by atoms with van der Waals surface area (Å²) in [4.78, 5) is 59.7. The molecule has 12 heteroatoms. The monoisotopic (exact) mass is 300 g/mol. The van der Waals surface area contributed by atoms with Crippen LogP contribution in [0, 0.1) is 0 Å². The van der Waals surface area contributed by atoms with Gasteiger partial charge in [-0.2, -0.15) is 9.59 Å². The van der Waals surface area contributed by atoms with E-state index in [4.69, 9.17) is 14.2 Å². The van der Waals surface area contributed by atoms with Gasteiger partial charge in [-0.3, -0.25) is 14.7 Å². The highest BCUT2D eigenvalue weighted by Crippen LogP contribution is 2.61. The number of hydrogen-bond donors (Lipinski definition) is 0. The molecule has 3 aliphatic heterocycles. The Balaban J connectivity index is 1.98. The Morgan fingerprint density at radius 1 is 0.381 bits per heavy atom. The van der Waals surface area contributed by atoms with Crippen molar-refractivity contribution in [3.63, 3.8) is 0 Å². The van der Waals surface area contributed by atoms with Crippen molar-refractivity contribution in [3.05, 3.63) is 0 Å². The summed E-state index contributed by atoms with van der Waals surface area (Å²) in [6.45, 7) is 0. The van der Waals surface area contributed by atoms with E-state index in [2.05, 4.69) is 29.3 Å². The Hall–Kier alpha value is -3.57. The highest BCUT2D eigenvalue weighted by Gasteiger charge is 2.45. The van der Waals surface area contributed by atoms with Crippen molar-refractivity contribution < 1.29 is 57.9 Å². The van der Waals surface area contributed by atoms with Crippen molar-refractivity contribution in [1.82, 2.24) is 0 Å². The van der Waals surface area contributed by atoms with Gasteiger partial charge in [-0.05, 0) is 0 Å². The molecule has 4 rings (SSSR count). The first-order valence-electron chi connectivity index (χ1n) is 5.06. The van der Waals surface area contributed by atoms with E-state index >= 15 is 0 Å². The van der Waals surface area contributed by atoms with E-state index in [1.807, 2.05) is 0 Å². The third-order valence-corrected chi connectivity index (χ3v) is 2.37.